The predicted octanol–water partition coefficient (Wildman–Crippen LogP) is 3.80. The van der Waals surface area contributed by atoms with Crippen molar-refractivity contribution in [2.45, 2.75) is 25.2 Å². The Morgan fingerprint density at radius 2 is 2.04 bits per heavy atom. The van der Waals surface area contributed by atoms with Crippen molar-refractivity contribution in [3.8, 4) is 17.1 Å². The van der Waals surface area contributed by atoms with Gasteiger partial charge in [0.05, 0.1) is 13.5 Å². The van der Waals surface area contributed by atoms with Crippen molar-refractivity contribution in [2.75, 3.05) is 12.4 Å². The number of carbonyl (C=O) groups is 1. The first kappa shape index (κ1) is 16.3. The molecule has 1 N–H and O–H groups in total. The lowest BCUT2D eigenvalue weighted by Gasteiger charge is -2.07. The van der Waals surface area contributed by atoms with E-state index in [9.17, 15) is 4.79 Å². The maximum Gasteiger partial charge on any atom is 0.230 e. The Bertz CT molecular complexity index is 914. The van der Waals surface area contributed by atoms with Crippen molar-refractivity contribution in [2.24, 2.45) is 0 Å². The SMILES string of the molecule is COc1ccc(CC(=O)Nc2cccc(-c3noc(C4CC4)n3)c2)cc1. The van der Waals surface area contributed by atoms with E-state index < -0.39 is 0 Å². The van der Waals surface area contributed by atoms with Crippen LogP contribution in [0.5, 0.6) is 5.75 Å². The van der Waals surface area contributed by atoms with Gasteiger partial charge in [-0.05, 0) is 42.7 Å². The van der Waals surface area contributed by atoms with E-state index in [4.69, 9.17) is 9.26 Å². The summed E-state index contributed by atoms with van der Waals surface area (Å²) in [5.41, 5.74) is 2.45. The summed E-state index contributed by atoms with van der Waals surface area (Å²) in [4.78, 5) is 16.7. The van der Waals surface area contributed by atoms with E-state index in [1.54, 1.807) is 7.11 Å². The highest BCUT2D eigenvalue weighted by atomic mass is 16.5. The van der Waals surface area contributed by atoms with Crippen LogP contribution in [0.4, 0.5) is 5.69 Å². The van der Waals surface area contributed by atoms with Crippen LogP contribution in [0.3, 0.4) is 0 Å². The second-order valence-electron chi connectivity index (χ2n) is 6.38. The predicted molar refractivity (Wildman–Crippen MR) is 97.0 cm³/mol. The number of aromatic nitrogens is 2. The lowest BCUT2D eigenvalue weighted by molar-refractivity contribution is -0.115. The van der Waals surface area contributed by atoms with Crippen LogP contribution >= 0.6 is 0 Å². The molecule has 0 saturated heterocycles. The van der Waals surface area contributed by atoms with E-state index in [0.29, 0.717) is 29.7 Å². The maximum absolute atomic E-state index is 12.3. The average Bonchev–Trinajstić information content (AvgIpc) is 3.39. The van der Waals surface area contributed by atoms with Crippen LogP contribution in [-0.2, 0) is 11.2 Å². The number of anilines is 1. The van der Waals surface area contributed by atoms with Crippen LogP contribution in [0.1, 0.15) is 30.2 Å². The quantitative estimate of drug-likeness (QED) is 0.732. The van der Waals surface area contributed by atoms with Crippen molar-refractivity contribution in [1.29, 1.82) is 0 Å². The number of rotatable bonds is 6. The molecule has 1 fully saturated rings. The molecule has 6 heteroatoms. The first-order chi connectivity index (χ1) is 12.7. The number of nitrogens with zero attached hydrogens (tertiary/aromatic N) is 2. The molecule has 0 bridgehead atoms. The van der Waals surface area contributed by atoms with Gasteiger partial charge < -0.3 is 14.6 Å². The largest absolute Gasteiger partial charge is 0.497 e. The number of amides is 1. The molecule has 1 aromatic heterocycles. The number of carbonyl (C=O) groups excluding carboxylic acids is 1. The van der Waals surface area contributed by atoms with E-state index in [2.05, 4.69) is 15.5 Å². The van der Waals surface area contributed by atoms with Crippen molar-refractivity contribution in [3.05, 3.63) is 60.0 Å². The molecule has 0 atom stereocenters. The summed E-state index contributed by atoms with van der Waals surface area (Å²) >= 11 is 0. The topological polar surface area (TPSA) is 77.2 Å². The molecule has 3 aromatic rings. The third kappa shape index (κ3) is 3.74. The van der Waals surface area contributed by atoms with Crippen LogP contribution in [0, 0.1) is 0 Å². The summed E-state index contributed by atoms with van der Waals surface area (Å²) in [5.74, 6) is 2.36. The summed E-state index contributed by atoms with van der Waals surface area (Å²) in [6.07, 6.45) is 2.52. The number of nitrogens with one attached hydrogen (secondary N) is 1. The van der Waals surface area contributed by atoms with Crippen LogP contribution in [0.25, 0.3) is 11.4 Å². The summed E-state index contributed by atoms with van der Waals surface area (Å²) < 4.78 is 10.4. The van der Waals surface area contributed by atoms with Gasteiger partial charge in [-0.1, -0.05) is 29.4 Å². The number of methoxy groups -OCH3 is 1. The average molecular weight is 349 g/mol. The molecule has 132 valence electrons. The Morgan fingerprint density at radius 1 is 1.23 bits per heavy atom. The first-order valence-electron chi connectivity index (χ1n) is 8.58. The van der Waals surface area contributed by atoms with Crippen molar-refractivity contribution < 1.29 is 14.1 Å². The molecule has 2 aromatic carbocycles. The fourth-order valence-corrected chi connectivity index (χ4v) is 2.72. The van der Waals surface area contributed by atoms with E-state index in [1.807, 2.05) is 48.5 Å². The molecule has 1 aliphatic carbocycles. The van der Waals surface area contributed by atoms with Gasteiger partial charge in [-0.15, -0.1) is 0 Å². The van der Waals surface area contributed by atoms with Gasteiger partial charge in [-0.3, -0.25) is 4.79 Å². The molecule has 6 nitrogen and oxygen atoms in total. The van der Waals surface area contributed by atoms with E-state index >= 15 is 0 Å². The van der Waals surface area contributed by atoms with E-state index in [1.165, 1.54) is 0 Å². The van der Waals surface area contributed by atoms with Gasteiger partial charge in [-0.2, -0.15) is 4.98 Å². The van der Waals surface area contributed by atoms with Gasteiger partial charge in [-0.25, -0.2) is 0 Å². The fraction of sp³-hybridized carbons (Fsp3) is 0.250. The summed E-state index contributed by atoms with van der Waals surface area (Å²) in [6, 6.07) is 14.9. The summed E-state index contributed by atoms with van der Waals surface area (Å²) in [6.45, 7) is 0. The highest BCUT2D eigenvalue weighted by Gasteiger charge is 2.29. The number of benzene rings is 2. The van der Waals surface area contributed by atoms with Gasteiger partial charge in [0.25, 0.3) is 0 Å². The Labute approximate surface area is 151 Å². The van der Waals surface area contributed by atoms with Crippen LogP contribution in [0.15, 0.2) is 53.1 Å². The van der Waals surface area contributed by atoms with Gasteiger partial charge in [0, 0.05) is 17.2 Å². The van der Waals surface area contributed by atoms with Crippen molar-refractivity contribution in [1.82, 2.24) is 10.1 Å². The molecule has 0 aliphatic heterocycles. The van der Waals surface area contributed by atoms with Gasteiger partial charge in [0.2, 0.25) is 17.6 Å². The second-order valence-corrected chi connectivity index (χ2v) is 6.38. The minimum Gasteiger partial charge on any atom is -0.497 e. The molecule has 1 amide bonds. The van der Waals surface area contributed by atoms with E-state index in [-0.39, 0.29) is 5.91 Å². The molecule has 0 unspecified atom stereocenters. The zero-order valence-corrected chi connectivity index (χ0v) is 14.4. The lowest BCUT2D eigenvalue weighted by atomic mass is 10.1. The molecule has 26 heavy (non-hydrogen) atoms. The first-order valence-corrected chi connectivity index (χ1v) is 8.58. The fourth-order valence-electron chi connectivity index (χ4n) is 2.72. The highest BCUT2D eigenvalue weighted by Crippen LogP contribution is 2.39. The normalized spacial score (nSPS) is 13.4. The van der Waals surface area contributed by atoms with Crippen LogP contribution in [-0.4, -0.2) is 23.2 Å². The monoisotopic (exact) mass is 349 g/mol. The van der Waals surface area contributed by atoms with Crippen molar-refractivity contribution >= 4 is 11.6 Å². The Kier molecular flexibility index (Phi) is 4.39. The minimum atomic E-state index is -0.0842. The highest BCUT2D eigenvalue weighted by molar-refractivity contribution is 5.92. The van der Waals surface area contributed by atoms with Crippen LogP contribution < -0.4 is 10.1 Å². The third-order valence-electron chi connectivity index (χ3n) is 4.30. The number of hydrogen-bond donors (Lipinski definition) is 1. The second kappa shape index (κ2) is 7.00. The molecule has 1 aliphatic rings. The van der Waals surface area contributed by atoms with Gasteiger partial charge >= 0.3 is 0 Å². The zero-order chi connectivity index (χ0) is 17.9. The standard InChI is InChI=1S/C20H19N3O3/c1-25-17-9-5-13(6-10-17)11-18(24)21-16-4-2-3-15(12-16)19-22-20(26-23-19)14-7-8-14/h2-6,9-10,12,14H,7-8,11H2,1H3,(H,21,24). The molecule has 0 spiro atoms. The van der Waals surface area contributed by atoms with E-state index in [0.717, 1.165) is 29.7 Å². The minimum absolute atomic E-state index is 0.0842. The van der Waals surface area contributed by atoms with Gasteiger partial charge in [0.15, 0.2) is 0 Å². The van der Waals surface area contributed by atoms with Gasteiger partial charge in [0.1, 0.15) is 5.75 Å². The maximum atomic E-state index is 12.3. The van der Waals surface area contributed by atoms with Crippen molar-refractivity contribution in [3.63, 3.8) is 0 Å². The molecular formula is C20H19N3O3. The molecule has 1 heterocycles. The molecule has 0 radical (unpaired) electrons. The Hall–Kier alpha value is -3.15. The third-order valence-corrected chi connectivity index (χ3v) is 4.30. The molecule has 4 rings (SSSR count). The summed E-state index contributed by atoms with van der Waals surface area (Å²) in [5, 5.41) is 6.96. The zero-order valence-electron chi connectivity index (χ0n) is 14.4. The van der Waals surface area contributed by atoms with Crippen LogP contribution in [0.2, 0.25) is 0 Å². The molecular weight excluding hydrogens is 330 g/mol. The Balaban J connectivity index is 1.43. The summed E-state index contributed by atoms with van der Waals surface area (Å²) in [7, 11) is 1.62. The number of ether oxygens (including phenoxy) is 1. The smallest absolute Gasteiger partial charge is 0.230 e. The Morgan fingerprint density at radius 3 is 2.77 bits per heavy atom. The lowest BCUT2D eigenvalue weighted by Crippen LogP contribution is -2.14. The molecule has 1 saturated carbocycles. The number of hydrogen-bond acceptors (Lipinski definition) is 5.